The van der Waals surface area contributed by atoms with E-state index in [0.717, 1.165) is 13.1 Å². The van der Waals surface area contributed by atoms with Crippen molar-refractivity contribution in [1.82, 2.24) is 4.98 Å². The monoisotopic (exact) mass is 281 g/mol. The average molecular weight is 281 g/mol. The molecule has 1 aromatic heterocycles. The molecule has 1 aromatic rings. The van der Waals surface area contributed by atoms with Crippen molar-refractivity contribution in [3.05, 3.63) is 10.6 Å². The molecule has 0 unspecified atom stereocenters. The van der Waals surface area contributed by atoms with Crippen LogP contribution in [0, 0.1) is 0 Å². The van der Waals surface area contributed by atoms with Crippen molar-refractivity contribution in [3.8, 4) is 0 Å². The Hall–Kier alpha value is -0.610. The first-order valence-electron chi connectivity index (χ1n) is 7.47. The third kappa shape index (κ3) is 3.69. The molecule has 3 nitrogen and oxygen atoms in total. The Morgan fingerprint density at radius 3 is 2.16 bits per heavy atom. The molecule has 0 bridgehead atoms. The minimum Gasteiger partial charge on any atom is -0.348 e. The zero-order chi connectivity index (χ0) is 13.9. The van der Waals surface area contributed by atoms with E-state index in [0.29, 0.717) is 6.54 Å². The van der Waals surface area contributed by atoms with Crippen LogP contribution in [-0.4, -0.2) is 18.1 Å². The first-order chi connectivity index (χ1) is 9.02. The lowest BCUT2D eigenvalue weighted by atomic mass is 9.91. The quantitative estimate of drug-likeness (QED) is 0.899. The van der Waals surface area contributed by atoms with Crippen LogP contribution in [0.4, 0.5) is 5.13 Å². The van der Waals surface area contributed by atoms with E-state index in [1.54, 1.807) is 11.3 Å². The standard InChI is InChI=1S/C15H27N3S/c1-15(2,3)13-12(11-16)19-14(17-13)18-9-7-5-4-6-8-10-18/h4-11,16H2,1-3H3. The van der Waals surface area contributed by atoms with Crippen LogP contribution in [0.2, 0.25) is 0 Å². The van der Waals surface area contributed by atoms with Gasteiger partial charge in [0.2, 0.25) is 0 Å². The summed E-state index contributed by atoms with van der Waals surface area (Å²) in [6.45, 7) is 9.58. The summed E-state index contributed by atoms with van der Waals surface area (Å²) in [4.78, 5) is 8.64. The summed E-state index contributed by atoms with van der Waals surface area (Å²) in [6.07, 6.45) is 6.70. The third-order valence-electron chi connectivity index (χ3n) is 3.71. The van der Waals surface area contributed by atoms with Gasteiger partial charge in [0, 0.05) is 29.9 Å². The lowest BCUT2D eigenvalue weighted by Gasteiger charge is -2.24. The molecule has 0 amide bonds. The van der Waals surface area contributed by atoms with Crippen molar-refractivity contribution in [2.24, 2.45) is 5.73 Å². The highest BCUT2D eigenvalue weighted by Crippen LogP contribution is 2.34. The van der Waals surface area contributed by atoms with Crippen LogP contribution in [0.1, 0.15) is 63.4 Å². The predicted octanol–water partition coefficient (Wildman–Crippen LogP) is 3.67. The Morgan fingerprint density at radius 2 is 1.68 bits per heavy atom. The van der Waals surface area contributed by atoms with Crippen molar-refractivity contribution < 1.29 is 0 Å². The van der Waals surface area contributed by atoms with E-state index in [1.165, 1.54) is 47.8 Å². The number of thiazole rings is 1. The highest BCUT2D eigenvalue weighted by Gasteiger charge is 2.24. The summed E-state index contributed by atoms with van der Waals surface area (Å²) in [5.74, 6) is 0. The zero-order valence-corrected chi connectivity index (χ0v) is 13.4. The van der Waals surface area contributed by atoms with Gasteiger partial charge in [-0.15, -0.1) is 11.3 Å². The van der Waals surface area contributed by atoms with Crippen LogP contribution in [-0.2, 0) is 12.0 Å². The molecular formula is C15H27N3S. The summed E-state index contributed by atoms with van der Waals surface area (Å²) in [7, 11) is 0. The molecule has 0 aromatic carbocycles. The molecule has 1 saturated heterocycles. The van der Waals surface area contributed by atoms with Gasteiger partial charge in [-0.3, -0.25) is 0 Å². The van der Waals surface area contributed by atoms with Gasteiger partial charge < -0.3 is 10.6 Å². The Morgan fingerprint density at radius 1 is 1.11 bits per heavy atom. The average Bonchev–Trinajstić information content (AvgIpc) is 2.72. The number of anilines is 1. The fraction of sp³-hybridized carbons (Fsp3) is 0.800. The molecule has 19 heavy (non-hydrogen) atoms. The number of hydrogen-bond acceptors (Lipinski definition) is 4. The van der Waals surface area contributed by atoms with Crippen molar-refractivity contribution >= 4 is 16.5 Å². The molecule has 2 heterocycles. The van der Waals surface area contributed by atoms with Crippen molar-refractivity contribution in [1.29, 1.82) is 0 Å². The van der Waals surface area contributed by atoms with Gasteiger partial charge in [-0.25, -0.2) is 4.98 Å². The number of rotatable bonds is 2. The maximum Gasteiger partial charge on any atom is 0.185 e. The minimum absolute atomic E-state index is 0.0895. The first-order valence-corrected chi connectivity index (χ1v) is 8.29. The Balaban J connectivity index is 2.21. The molecular weight excluding hydrogens is 254 g/mol. The highest BCUT2D eigenvalue weighted by atomic mass is 32.1. The summed E-state index contributed by atoms with van der Waals surface area (Å²) >= 11 is 1.80. The minimum atomic E-state index is 0.0895. The largest absolute Gasteiger partial charge is 0.348 e. The van der Waals surface area contributed by atoms with Crippen LogP contribution < -0.4 is 10.6 Å². The molecule has 0 atom stereocenters. The van der Waals surface area contributed by atoms with E-state index >= 15 is 0 Å². The second kappa shape index (κ2) is 6.23. The van der Waals surface area contributed by atoms with E-state index in [2.05, 4.69) is 25.7 Å². The molecule has 2 rings (SSSR count). The van der Waals surface area contributed by atoms with E-state index in [9.17, 15) is 0 Å². The summed E-state index contributed by atoms with van der Waals surface area (Å²) in [6, 6.07) is 0. The normalized spacial score (nSPS) is 18.2. The van der Waals surface area contributed by atoms with Gasteiger partial charge in [0.05, 0.1) is 5.69 Å². The molecule has 4 heteroatoms. The van der Waals surface area contributed by atoms with Crippen LogP contribution >= 0.6 is 11.3 Å². The predicted molar refractivity (Wildman–Crippen MR) is 84.0 cm³/mol. The molecule has 0 saturated carbocycles. The maximum absolute atomic E-state index is 5.90. The third-order valence-corrected chi connectivity index (χ3v) is 4.85. The van der Waals surface area contributed by atoms with Gasteiger partial charge in [0.15, 0.2) is 5.13 Å². The topological polar surface area (TPSA) is 42.2 Å². The number of nitrogens with zero attached hydrogens (tertiary/aromatic N) is 2. The number of nitrogens with two attached hydrogens (primary N) is 1. The molecule has 1 fully saturated rings. The lowest BCUT2D eigenvalue weighted by molar-refractivity contribution is 0.548. The van der Waals surface area contributed by atoms with Gasteiger partial charge in [-0.1, -0.05) is 40.0 Å². The Kier molecular flexibility index (Phi) is 4.85. The fourth-order valence-electron chi connectivity index (χ4n) is 2.64. The van der Waals surface area contributed by atoms with Gasteiger partial charge >= 0.3 is 0 Å². The van der Waals surface area contributed by atoms with Crippen LogP contribution in [0.25, 0.3) is 0 Å². The number of aromatic nitrogens is 1. The highest BCUT2D eigenvalue weighted by molar-refractivity contribution is 7.15. The van der Waals surface area contributed by atoms with Gasteiger partial charge in [0.25, 0.3) is 0 Å². The van der Waals surface area contributed by atoms with Gasteiger partial charge in [0.1, 0.15) is 0 Å². The molecule has 0 spiro atoms. The van der Waals surface area contributed by atoms with E-state index in [1.807, 2.05) is 0 Å². The molecule has 0 aliphatic carbocycles. The van der Waals surface area contributed by atoms with Crippen LogP contribution in [0.5, 0.6) is 0 Å². The number of hydrogen-bond donors (Lipinski definition) is 1. The van der Waals surface area contributed by atoms with Crippen LogP contribution in [0.3, 0.4) is 0 Å². The molecule has 108 valence electrons. The van der Waals surface area contributed by atoms with Crippen molar-refractivity contribution in [3.63, 3.8) is 0 Å². The van der Waals surface area contributed by atoms with Crippen LogP contribution in [0.15, 0.2) is 0 Å². The van der Waals surface area contributed by atoms with E-state index < -0.39 is 0 Å². The summed E-state index contributed by atoms with van der Waals surface area (Å²) in [5.41, 5.74) is 7.18. The zero-order valence-electron chi connectivity index (χ0n) is 12.5. The SMILES string of the molecule is CC(C)(C)c1nc(N2CCCCCCC2)sc1CN. The van der Waals surface area contributed by atoms with E-state index in [-0.39, 0.29) is 5.41 Å². The van der Waals surface area contributed by atoms with E-state index in [4.69, 9.17) is 10.7 Å². The maximum atomic E-state index is 5.90. The second-order valence-corrected chi connectivity index (χ2v) is 7.54. The summed E-state index contributed by atoms with van der Waals surface area (Å²) in [5, 5.41) is 1.19. The molecule has 2 N–H and O–H groups in total. The molecule has 0 radical (unpaired) electrons. The van der Waals surface area contributed by atoms with Gasteiger partial charge in [-0.05, 0) is 12.8 Å². The first kappa shape index (κ1) is 14.8. The van der Waals surface area contributed by atoms with Crippen molar-refractivity contribution in [2.75, 3.05) is 18.0 Å². The molecule has 1 aliphatic rings. The smallest absolute Gasteiger partial charge is 0.185 e. The Bertz CT molecular complexity index is 398. The Labute approximate surface area is 121 Å². The second-order valence-electron chi connectivity index (χ2n) is 6.48. The van der Waals surface area contributed by atoms with Crippen molar-refractivity contribution in [2.45, 2.75) is 64.8 Å². The molecule has 1 aliphatic heterocycles. The lowest BCUT2D eigenvalue weighted by Crippen LogP contribution is -2.27. The van der Waals surface area contributed by atoms with Gasteiger partial charge in [-0.2, -0.15) is 0 Å². The fourth-order valence-corrected chi connectivity index (χ4v) is 3.84. The summed E-state index contributed by atoms with van der Waals surface area (Å²) < 4.78 is 0.